The number of amides is 4. The lowest BCUT2D eigenvalue weighted by Gasteiger charge is -2.28. The SMILES string of the molecule is CC(C)C(NC(=O)[C@H](CCCNC(=N)N)NC(=O)Cc1ccccc1)C(=O)N[C@@H](CCCNC(=N)N)C(=O)NCC1CCNCC1. The summed E-state index contributed by atoms with van der Waals surface area (Å²) in [6.45, 7) is 6.55. The number of piperidine rings is 1. The van der Waals surface area contributed by atoms with Gasteiger partial charge in [0.15, 0.2) is 11.9 Å². The number of nitrogens with two attached hydrogens (primary N) is 2. The average Bonchev–Trinajstić information content (AvgIpc) is 3.01. The summed E-state index contributed by atoms with van der Waals surface area (Å²) in [6.07, 6.45) is 3.42. The van der Waals surface area contributed by atoms with Gasteiger partial charge < -0.3 is 48.7 Å². The molecule has 1 aliphatic heterocycles. The Morgan fingerprint density at radius 2 is 1.37 bits per heavy atom. The smallest absolute Gasteiger partial charge is 0.243 e. The van der Waals surface area contributed by atoms with E-state index in [1.807, 2.05) is 30.3 Å². The molecule has 1 unspecified atom stereocenters. The molecule has 1 fully saturated rings. The van der Waals surface area contributed by atoms with Crippen LogP contribution in [-0.2, 0) is 25.6 Å². The highest BCUT2D eigenvalue weighted by Crippen LogP contribution is 2.11. The Bertz CT molecular complexity index is 1140. The molecule has 46 heavy (non-hydrogen) atoms. The molecule has 1 aromatic carbocycles. The molecule has 4 amide bonds. The van der Waals surface area contributed by atoms with Crippen LogP contribution in [0.25, 0.3) is 0 Å². The van der Waals surface area contributed by atoms with Crippen molar-refractivity contribution in [2.45, 2.75) is 76.9 Å². The van der Waals surface area contributed by atoms with Crippen molar-refractivity contribution in [2.24, 2.45) is 23.3 Å². The van der Waals surface area contributed by atoms with Crippen LogP contribution < -0.4 is 48.7 Å². The molecule has 1 heterocycles. The molecule has 1 aliphatic rings. The standard InChI is InChI=1S/C31H53N11O4/c1-20(2)26(29(46)41-23(10-6-14-37-30(32)33)27(44)39-19-22-12-16-36-17-13-22)42-28(45)24(11-7-15-38-31(34)35)40-25(43)18-21-8-4-3-5-9-21/h3-5,8-9,20,22-24,26,36H,6-7,10-19H2,1-2H3,(H,39,44)(H,40,43)(H,41,46)(H,42,45)(H4,32,33,37)(H4,34,35,38)/t23-,24-,26?/m0/s1. The van der Waals surface area contributed by atoms with Crippen molar-refractivity contribution in [2.75, 3.05) is 32.7 Å². The number of hydrogen-bond donors (Lipinski definition) is 11. The van der Waals surface area contributed by atoms with E-state index in [2.05, 4.69) is 37.2 Å². The fourth-order valence-electron chi connectivity index (χ4n) is 5.13. The van der Waals surface area contributed by atoms with Gasteiger partial charge in [-0.1, -0.05) is 44.2 Å². The van der Waals surface area contributed by atoms with E-state index in [-0.39, 0.29) is 42.5 Å². The molecule has 0 radical (unpaired) electrons. The van der Waals surface area contributed by atoms with Crippen molar-refractivity contribution >= 4 is 35.5 Å². The average molecular weight is 644 g/mol. The van der Waals surface area contributed by atoms with E-state index >= 15 is 0 Å². The highest BCUT2D eigenvalue weighted by molar-refractivity contribution is 5.94. The Morgan fingerprint density at radius 1 is 0.804 bits per heavy atom. The summed E-state index contributed by atoms with van der Waals surface area (Å²) in [5.74, 6) is -2.06. The van der Waals surface area contributed by atoms with Crippen molar-refractivity contribution in [1.29, 1.82) is 10.8 Å². The summed E-state index contributed by atoms with van der Waals surface area (Å²) >= 11 is 0. The van der Waals surface area contributed by atoms with Crippen LogP contribution in [0.2, 0.25) is 0 Å². The van der Waals surface area contributed by atoms with Gasteiger partial charge in [-0.15, -0.1) is 0 Å². The van der Waals surface area contributed by atoms with Gasteiger partial charge in [0.25, 0.3) is 0 Å². The molecule has 256 valence electrons. The van der Waals surface area contributed by atoms with E-state index in [1.54, 1.807) is 13.8 Å². The normalized spacial score (nSPS) is 15.1. The van der Waals surface area contributed by atoms with Crippen molar-refractivity contribution < 1.29 is 19.2 Å². The summed E-state index contributed by atoms with van der Waals surface area (Å²) in [6, 6.07) is 6.36. The second-order valence-electron chi connectivity index (χ2n) is 12.0. The van der Waals surface area contributed by atoms with E-state index in [9.17, 15) is 19.2 Å². The third-order valence-electron chi connectivity index (χ3n) is 7.73. The van der Waals surface area contributed by atoms with Gasteiger partial charge in [0.05, 0.1) is 6.42 Å². The van der Waals surface area contributed by atoms with Crippen LogP contribution in [0.1, 0.15) is 57.9 Å². The fraction of sp³-hybridized carbons (Fsp3) is 0.613. The number of benzene rings is 1. The Balaban J connectivity index is 2.10. The largest absolute Gasteiger partial charge is 0.370 e. The fourth-order valence-corrected chi connectivity index (χ4v) is 5.13. The molecule has 15 heteroatoms. The molecular formula is C31H53N11O4. The van der Waals surface area contributed by atoms with E-state index in [4.69, 9.17) is 22.3 Å². The lowest BCUT2D eigenvalue weighted by Crippen LogP contribution is -2.58. The van der Waals surface area contributed by atoms with E-state index in [0.29, 0.717) is 44.8 Å². The molecule has 0 bridgehead atoms. The van der Waals surface area contributed by atoms with Crippen LogP contribution >= 0.6 is 0 Å². The van der Waals surface area contributed by atoms with Crippen LogP contribution in [0.15, 0.2) is 30.3 Å². The molecule has 15 nitrogen and oxygen atoms in total. The zero-order valence-electron chi connectivity index (χ0n) is 27.0. The van der Waals surface area contributed by atoms with Gasteiger partial charge in [-0.3, -0.25) is 30.0 Å². The van der Waals surface area contributed by atoms with E-state index < -0.39 is 29.9 Å². The van der Waals surface area contributed by atoms with Crippen LogP contribution in [0, 0.1) is 22.7 Å². The maximum Gasteiger partial charge on any atom is 0.243 e. The molecule has 0 aliphatic carbocycles. The summed E-state index contributed by atoms with van der Waals surface area (Å²) in [4.78, 5) is 53.2. The second-order valence-corrected chi connectivity index (χ2v) is 12.0. The molecule has 0 aromatic heterocycles. The molecule has 0 saturated carbocycles. The molecule has 13 N–H and O–H groups in total. The molecular weight excluding hydrogens is 590 g/mol. The lowest BCUT2D eigenvalue weighted by atomic mass is 9.98. The topological polar surface area (TPSA) is 252 Å². The Labute approximate surface area is 271 Å². The maximum atomic E-state index is 13.6. The number of hydrogen-bond acceptors (Lipinski definition) is 7. The monoisotopic (exact) mass is 643 g/mol. The summed E-state index contributed by atoms with van der Waals surface area (Å²) < 4.78 is 0. The predicted octanol–water partition coefficient (Wildman–Crippen LogP) is -1.02. The molecule has 2 rings (SSSR count). The zero-order valence-corrected chi connectivity index (χ0v) is 27.0. The molecule has 0 spiro atoms. The van der Waals surface area contributed by atoms with Gasteiger partial charge in [-0.05, 0) is 69.0 Å². The summed E-state index contributed by atoms with van der Waals surface area (Å²) in [5, 5.41) is 34.8. The molecule has 3 atom stereocenters. The van der Waals surface area contributed by atoms with Gasteiger partial charge in [0.2, 0.25) is 23.6 Å². The highest BCUT2D eigenvalue weighted by atomic mass is 16.2. The van der Waals surface area contributed by atoms with Gasteiger partial charge >= 0.3 is 0 Å². The van der Waals surface area contributed by atoms with Crippen molar-refractivity contribution in [3.05, 3.63) is 35.9 Å². The number of carbonyl (C=O) groups is 4. The predicted molar refractivity (Wildman–Crippen MR) is 178 cm³/mol. The van der Waals surface area contributed by atoms with Crippen LogP contribution in [0.4, 0.5) is 0 Å². The first-order valence-electron chi connectivity index (χ1n) is 16.0. The lowest BCUT2D eigenvalue weighted by molar-refractivity contribution is -0.134. The van der Waals surface area contributed by atoms with E-state index in [1.165, 1.54) is 0 Å². The van der Waals surface area contributed by atoms with E-state index in [0.717, 1.165) is 31.5 Å². The molecule has 1 aromatic rings. The van der Waals surface area contributed by atoms with Crippen LogP contribution in [-0.4, -0.2) is 86.4 Å². The van der Waals surface area contributed by atoms with Crippen molar-refractivity contribution in [3.8, 4) is 0 Å². The second kappa shape index (κ2) is 20.6. The third-order valence-corrected chi connectivity index (χ3v) is 7.73. The maximum absolute atomic E-state index is 13.6. The highest BCUT2D eigenvalue weighted by Gasteiger charge is 2.31. The first-order valence-corrected chi connectivity index (χ1v) is 16.0. The third kappa shape index (κ3) is 15.1. The van der Waals surface area contributed by atoms with Crippen LogP contribution in [0.5, 0.6) is 0 Å². The van der Waals surface area contributed by atoms with Gasteiger partial charge in [-0.2, -0.15) is 0 Å². The molecule has 1 saturated heterocycles. The first kappa shape index (κ1) is 37.8. The van der Waals surface area contributed by atoms with Crippen molar-refractivity contribution in [3.63, 3.8) is 0 Å². The minimum absolute atomic E-state index is 0.0804. The van der Waals surface area contributed by atoms with Crippen molar-refractivity contribution in [1.82, 2.24) is 37.2 Å². The van der Waals surface area contributed by atoms with Crippen LogP contribution in [0.3, 0.4) is 0 Å². The quantitative estimate of drug-likeness (QED) is 0.0501. The number of rotatable bonds is 19. The number of guanidine groups is 2. The van der Waals surface area contributed by atoms with Gasteiger partial charge in [0, 0.05) is 19.6 Å². The minimum atomic E-state index is -0.980. The van der Waals surface area contributed by atoms with Gasteiger partial charge in [-0.25, -0.2) is 0 Å². The van der Waals surface area contributed by atoms with Gasteiger partial charge in [0.1, 0.15) is 18.1 Å². The Hall–Kier alpha value is -4.40. The summed E-state index contributed by atoms with van der Waals surface area (Å²) in [5.41, 5.74) is 11.5. The Kier molecular flexibility index (Phi) is 16.9. The summed E-state index contributed by atoms with van der Waals surface area (Å²) in [7, 11) is 0. The minimum Gasteiger partial charge on any atom is -0.370 e. The number of carbonyl (C=O) groups excluding carboxylic acids is 4. The zero-order chi connectivity index (χ0) is 33.9. The number of nitrogens with one attached hydrogen (secondary N) is 9. The first-order chi connectivity index (χ1) is 22.0. The Morgan fingerprint density at radius 3 is 1.91 bits per heavy atom.